The van der Waals surface area contributed by atoms with E-state index in [-0.39, 0.29) is 0 Å². The van der Waals surface area contributed by atoms with Gasteiger partial charge in [0, 0.05) is 88.9 Å². The molecule has 0 amide bonds. The fraction of sp³-hybridized carbons (Fsp3) is 0. The molecule has 0 atom stereocenters. The Balaban J connectivity index is 0.000000139. The van der Waals surface area contributed by atoms with Crippen molar-refractivity contribution in [1.82, 2.24) is 38.2 Å². The Kier molecular flexibility index (Phi) is 14.0. The van der Waals surface area contributed by atoms with Crippen LogP contribution in [0.3, 0.4) is 0 Å². The van der Waals surface area contributed by atoms with Crippen LogP contribution in [0.2, 0.25) is 0 Å². The summed E-state index contributed by atoms with van der Waals surface area (Å²) >= 11 is 0. The van der Waals surface area contributed by atoms with Gasteiger partial charge in [0.1, 0.15) is 11.6 Å². The molecule has 0 radical (unpaired) electrons. The molecule has 0 N–H and O–H groups in total. The van der Waals surface area contributed by atoms with Gasteiger partial charge in [0.2, 0.25) is 0 Å². The first kappa shape index (κ1) is 57.9. The van der Waals surface area contributed by atoms with Gasteiger partial charge in [0.15, 0.2) is 11.6 Å². The maximum atomic E-state index is 5.35. The van der Waals surface area contributed by atoms with Crippen LogP contribution in [0.4, 0.5) is 0 Å². The largest absolute Gasteiger partial charge is 0.309 e. The molecule has 0 spiro atoms. The average Bonchev–Trinajstić information content (AvgIpc) is 1.55. The standard InChI is InChI=1S/2C46H30N4/c1-4-15-31(16-5-1)33-19-14-20-34(29-33)46-47-38(32-17-6-2-7-18-32)30-43(48-46)50-40-26-13-11-24-37(40)45-42(50)28-27-41-44(45)36-23-10-12-25-39(36)49(41)35-21-8-3-9-22-35;1-4-14-31(15-5-1)32-24-26-34(27-25-32)46-47-38(33-16-6-2-7-17-33)30-43(48-46)50-40-23-13-11-21-37(40)45-42(50)29-28-41-44(45)36-20-10-12-22-39(36)49(41)35-18-8-3-9-19-35/h2*1-30H. The molecule has 6 heterocycles. The zero-order valence-electron chi connectivity index (χ0n) is 54.2. The van der Waals surface area contributed by atoms with E-state index in [9.17, 15) is 0 Å². The number of benzene rings is 14. The minimum atomic E-state index is 0.687. The number of rotatable bonds is 10. The van der Waals surface area contributed by atoms with Gasteiger partial charge in [-0.15, -0.1) is 0 Å². The molecule has 0 aliphatic rings. The number of para-hydroxylation sites is 6. The Morgan fingerprint density at radius 1 is 0.170 bits per heavy atom. The van der Waals surface area contributed by atoms with Gasteiger partial charge in [0.05, 0.1) is 55.5 Å². The summed E-state index contributed by atoms with van der Waals surface area (Å²) in [6.07, 6.45) is 0. The zero-order valence-corrected chi connectivity index (χ0v) is 54.2. The molecule has 0 bridgehead atoms. The normalized spacial score (nSPS) is 11.6. The second-order valence-corrected chi connectivity index (χ2v) is 25.3. The SMILES string of the molecule is c1ccc(-c2ccc(-c3nc(-c4ccccc4)cc(-n4c5ccccc5c5c6c7ccccc7n(-c7ccccc7)c6ccc54)n3)cc2)cc1.c1ccc(-c2cccc(-c3nc(-c4ccccc4)cc(-n4c5ccccc5c5c6c7ccccc7n(-c7ccccc7)c6ccc54)n3)c2)cc1. The lowest BCUT2D eigenvalue weighted by Crippen LogP contribution is -2.02. The number of aromatic nitrogens is 8. The fourth-order valence-electron chi connectivity index (χ4n) is 15.0. The van der Waals surface area contributed by atoms with Crippen molar-refractivity contribution in [2.45, 2.75) is 0 Å². The van der Waals surface area contributed by atoms with Crippen molar-refractivity contribution >= 4 is 87.2 Å². The van der Waals surface area contributed by atoms with Gasteiger partial charge in [-0.05, 0) is 101 Å². The first-order valence-corrected chi connectivity index (χ1v) is 33.9. The molecule has 8 heteroatoms. The summed E-state index contributed by atoms with van der Waals surface area (Å²) in [5.74, 6) is 3.04. The maximum absolute atomic E-state index is 5.35. The van der Waals surface area contributed by atoms with Gasteiger partial charge in [-0.2, -0.15) is 0 Å². The van der Waals surface area contributed by atoms with Crippen LogP contribution in [0.15, 0.2) is 364 Å². The summed E-state index contributed by atoms with van der Waals surface area (Å²) in [4.78, 5) is 21.0. The van der Waals surface area contributed by atoms with E-state index in [0.717, 1.165) is 95.4 Å². The third-order valence-electron chi connectivity index (χ3n) is 19.5. The van der Waals surface area contributed by atoms with Gasteiger partial charge in [-0.3, -0.25) is 9.13 Å². The fourth-order valence-corrected chi connectivity index (χ4v) is 15.0. The van der Waals surface area contributed by atoms with Crippen molar-refractivity contribution in [3.05, 3.63) is 364 Å². The summed E-state index contributed by atoms with van der Waals surface area (Å²) in [7, 11) is 0. The molecule has 6 aromatic heterocycles. The highest BCUT2D eigenvalue weighted by molar-refractivity contribution is 6.30. The molecular formula is C92H60N8. The molecule has 20 rings (SSSR count). The predicted octanol–water partition coefficient (Wildman–Crippen LogP) is 23.3. The Morgan fingerprint density at radius 3 is 0.850 bits per heavy atom. The van der Waals surface area contributed by atoms with E-state index >= 15 is 0 Å². The van der Waals surface area contributed by atoms with Crippen molar-refractivity contribution in [3.8, 4) is 90.6 Å². The van der Waals surface area contributed by atoms with E-state index in [2.05, 4.69) is 358 Å². The van der Waals surface area contributed by atoms with Crippen molar-refractivity contribution in [3.63, 3.8) is 0 Å². The monoisotopic (exact) mass is 1280 g/mol. The topological polar surface area (TPSA) is 71.3 Å². The Hall–Kier alpha value is -13.6. The molecule has 0 unspecified atom stereocenters. The molecule has 14 aromatic carbocycles. The maximum Gasteiger partial charge on any atom is 0.162 e. The van der Waals surface area contributed by atoms with Crippen LogP contribution in [0, 0.1) is 0 Å². The molecule has 0 saturated carbocycles. The van der Waals surface area contributed by atoms with Crippen molar-refractivity contribution < 1.29 is 0 Å². The number of nitrogens with zero attached hydrogens (tertiary/aromatic N) is 8. The molecule has 100 heavy (non-hydrogen) atoms. The highest BCUT2D eigenvalue weighted by Crippen LogP contribution is 2.45. The molecule has 468 valence electrons. The average molecular weight is 1280 g/mol. The van der Waals surface area contributed by atoms with Gasteiger partial charge < -0.3 is 9.13 Å². The smallest absolute Gasteiger partial charge is 0.162 e. The van der Waals surface area contributed by atoms with Crippen LogP contribution < -0.4 is 0 Å². The van der Waals surface area contributed by atoms with Crippen molar-refractivity contribution in [2.24, 2.45) is 0 Å². The summed E-state index contributed by atoms with van der Waals surface area (Å²) in [5, 5.41) is 9.76. The summed E-state index contributed by atoms with van der Waals surface area (Å²) < 4.78 is 9.39. The summed E-state index contributed by atoms with van der Waals surface area (Å²) in [5.41, 5.74) is 21.9. The third-order valence-corrected chi connectivity index (χ3v) is 19.5. The lowest BCUT2D eigenvalue weighted by Gasteiger charge is -2.13. The van der Waals surface area contributed by atoms with Crippen LogP contribution in [-0.2, 0) is 0 Å². The lowest BCUT2D eigenvalue weighted by molar-refractivity contribution is 1.05. The van der Waals surface area contributed by atoms with Gasteiger partial charge in [-0.25, -0.2) is 19.9 Å². The van der Waals surface area contributed by atoms with Crippen molar-refractivity contribution in [1.29, 1.82) is 0 Å². The van der Waals surface area contributed by atoms with Crippen LogP contribution in [0.1, 0.15) is 0 Å². The van der Waals surface area contributed by atoms with E-state index in [0.29, 0.717) is 11.6 Å². The van der Waals surface area contributed by atoms with Crippen LogP contribution in [0.5, 0.6) is 0 Å². The number of hydrogen-bond acceptors (Lipinski definition) is 4. The lowest BCUT2D eigenvalue weighted by atomic mass is 10.0. The van der Waals surface area contributed by atoms with Crippen LogP contribution in [0.25, 0.3) is 178 Å². The minimum Gasteiger partial charge on any atom is -0.309 e. The summed E-state index contributed by atoms with van der Waals surface area (Å²) in [6, 6.07) is 128. The Morgan fingerprint density at radius 2 is 0.450 bits per heavy atom. The summed E-state index contributed by atoms with van der Waals surface area (Å²) in [6.45, 7) is 0. The number of fused-ring (bicyclic) bond motifs is 14. The third kappa shape index (κ3) is 9.84. The highest BCUT2D eigenvalue weighted by Gasteiger charge is 2.25. The Bertz CT molecular complexity index is 6480. The molecule has 0 aliphatic heterocycles. The Labute approximate surface area is 576 Å². The molecule has 0 fully saturated rings. The second kappa shape index (κ2) is 24.3. The second-order valence-electron chi connectivity index (χ2n) is 25.3. The van der Waals surface area contributed by atoms with Gasteiger partial charge >= 0.3 is 0 Å². The van der Waals surface area contributed by atoms with Gasteiger partial charge in [0.25, 0.3) is 0 Å². The first-order valence-electron chi connectivity index (χ1n) is 33.9. The van der Waals surface area contributed by atoms with E-state index in [4.69, 9.17) is 19.9 Å². The number of hydrogen-bond donors (Lipinski definition) is 0. The van der Waals surface area contributed by atoms with E-state index in [1.165, 1.54) is 70.7 Å². The molecule has 0 aliphatic carbocycles. The zero-order chi connectivity index (χ0) is 66.0. The highest BCUT2D eigenvalue weighted by atomic mass is 15.1. The van der Waals surface area contributed by atoms with Gasteiger partial charge in [-0.1, -0.05) is 273 Å². The molecule has 20 aromatic rings. The van der Waals surface area contributed by atoms with Crippen LogP contribution in [-0.4, -0.2) is 38.2 Å². The molecule has 0 saturated heterocycles. The first-order chi connectivity index (χ1) is 49.6. The quantitative estimate of drug-likeness (QED) is 0.137. The molecule has 8 nitrogen and oxygen atoms in total. The predicted molar refractivity (Wildman–Crippen MR) is 414 cm³/mol. The molecular weight excluding hydrogens is 1220 g/mol. The van der Waals surface area contributed by atoms with Crippen LogP contribution >= 0.6 is 0 Å². The minimum absolute atomic E-state index is 0.687. The van der Waals surface area contributed by atoms with E-state index in [1.807, 2.05) is 24.3 Å². The van der Waals surface area contributed by atoms with E-state index < -0.39 is 0 Å². The van der Waals surface area contributed by atoms with Crippen molar-refractivity contribution in [2.75, 3.05) is 0 Å². The van der Waals surface area contributed by atoms with E-state index in [1.54, 1.807) is 0 Å².